The number of esters is 1. The zero-order valence-electron chi connectivity index (χ0n) is 25.9. The third-order valence-corrected chi connectivity index (χ3v) is 11.2. The third kappa shape index (κ3) is 5.67. The number of ether oxygens (including phenoxy) is 3. The summed E-state index contributed by atoms with van der Waals surface area (Å²) < 4.78 is 36.1. The molecule has 0 bridgehead atoms. The summed E-state index contributed by atoms with van der Waals surface area (Å²) in [5, 5.41) is 2.19. The molecule has 0 N–H and O–H groups in total. The highest BCUT2D eigenvalue weighted by atomic mass is 28.4. The number of anilines is 2. The first-order valence-electron chi connectivity index (χ1n) is 14.6. The number of hydrogen-bond acceptors (Lipinski definition) is 8. The van der Waals surface area contributed by atoms with Gasteiger partial charge in [0, 0.05) is 63.6 Å². The van der Waals surface area contributed by atoms with Gasteiger partial charge in [0.25, 0.3) is 0 Å². The fraction of sp³-hybridized carbons (Fsp3) is 0.394. The van der Waals surface area contributed by atoms with Gasteiger partial charge in [0.2, 0.25) is 11.0 Å². The molecule has 5 rings (SSSR count). The summed E-state index contributed by atoms with van der Waals surface area (Å²) in [7, 11) is 7.69. The average molecular weight is 606 g/mol. The van der Waals surface area contributed by atoms with E-state index in [0.29, 0.717) is 38.5 Å². The van der Waals surface area contributed by atoms with E-state index in [1.165, 1.54) is 0 Å². The van der Waals surface area contributed by atoms with Crippen LogP contribution in [0.25, 0.3) is 32.9 Å². The van der Waals surface area contributed by atoms with Crippen molar-refractivity contribution in [2.45, 2.75) is 31.7 Å². The first kappa shape index (κ1) is 30.7. The Balaban J connectivity index is 1.38. The molecule has 2 heterocycles. The van der Waals surface area contributed by atoms with E-state index in [1.807, 2.05) is 24.3 Å². The Labute approximate surface area is 254 Å². The van der Waals surface area contributed by atoms with Crippen molar-refractivity contribution in [1.29, 1.82) is 0 Å². The van der Waals surface area contributed by atoms with Crippen molar-refractivity contribution >= 4 is 48.0 Å². The second kappa shape index (κ2) is 13.3. The van der Waals surface area contributed by atoms with Gasteiger partial charge in [0.15, 0.2) is 0 Å². The summed E-state index contributed by atoms with van der Waals surface area (Å²) in [5.74, 6) is 1.42. The Morgan fingerprint density at radius 3 is 2.07 bits per heavy atom. The maximum absolute atomic E-state index is 12.5. The maximum atomic E-state index is 12.5. The predicted octanol–water partition coefficient (Wildman–Crippen LogP) is 5.93. The number of rotatable bonds is 14. The number of carbonyl (C=O) groups is 1. The quantitative estimate of drug-likeness (QED) is 0.0575. The van der Waals surface area contributed by atoms with E-state index in [2.05, 4.69) is 46.8 Å². The highest BCUT2D eigenvalue weighted by molar-refractivity contribution is 6.60. The lowest BCUT2D eigenvalue weighted by molar-refractivity contribution is -0.617. The van der Waals surface area contributed by atoms with Gasteiger partial charge in [-0.2, -0.15) is 4.57 Å². The summed E-state index contributed by atoms with van der Waals surface area (Å²) in [6.45, 7) is 1.01. The minimum atomic E-state index is -2.62. The summed E-state index contributed by atoms with van der Waals surface area (Å²) in [5.41, 5.74) is 6.48. The van der Waals surface area contributed by atoms with Crippen LogP contribution in [0.15, 0.2) is 54.6 Å². The molecule has 0 saturated heterocycles. The summed E-state index contributed by atoms with van der Waals surface area (Å²) >= 11 is 0. The molecular weight excluding hydrogens is 564 g/mol. The minimum absolute atomic E-state index is 0.196. The molecular formula is C33H41N2O7Si+. The largest absolute Gasteiger partial charge is 0.500 e. The number of benzene rings is 3. The van der Waals surface area contributed by atoms with Crippen LogP contribution in [-0.4, -0.2) is 63.5 Å². The Morgan fingerprint density at radius 2 is 1.37 bits per heavy atom. The second-order valence-electron chi connectivity index (χ2n) is 10.5. The molecule has 9 nitrogen and oxygen atoms in total. The average Bonchev–Trinajstić information content (AvgIpc) is 3.05. The standard InChI is InChI=1S/C33H41N2O7Si/c1-34-23-13-9-15-25-30(23)33(31-24(34)14-10-17-27(31)37-2)32-26(16-11-18-28(32)38-3)35(25)20-12-21-42-29(36)19-7-8-22-43(39-4,40-5)41-6/h9-11,13-18H,7-8,12,19-22H2,1-6H3/q+1. The number of pyridine rings is 1. The number of carbonyl (C=O) groups excluding carboxylic acids is 1. The molecule has 0 atom stereocenters. The van der Waals surface area contributed by atoms with Crippen molar-refractivity contribution in [3.63, 3.8) is 0 Å². The van der Waals surface area contributed by atoms with Gasteiger partial charge in [0.05, 0.1) is 43.0 Å². The first-order chi connectivity index (χ1) is 20.9. The topological polar surface area (TPSA) is 79.6 Å². The number of aryl methyl sites for hydroxylation is 1. The van der Waals surface area contributed by atoms with E-state index < -0.39 is 8.80 Å². The lowest BCUT2D eigenvalue weighted by Crippen LogP contribution is -2.42. The van der Waals surface area contributed by atoms with Gasteiger partial charge in [-0.25, -0.2) is 0 Å². The molecule has 0 radical (unpaired) electrons. The molecule has 1 aliphatic heterocycles. The maximum Gasteiger partial charge on any atom is 0.500 e. The number of methoxy groups -OCH3 is 2. The Morgan fingerprint density at radius 1 is 0.744 bits per heavy atom. The Hall–Kier alpha value is -3.70. The SMILES string of the molecule is COc1cccc2c1-c1c3c(OC)cccc3[n+](C)c3cccc(c13)N2CCCOC(=O)CCCC[Si](OC)(OC)OC. The van der Waals surface area contributed by atoms with Crippen LogP contribution in [0.3, 0.4) is 0 Å². The number of hydrogen-bond donors (Lipinski definition) is 0. The fourth-order valence-corrected chi connectivity index (χ4v) is 7.99. The smallest absolute Gasteiger partial charge is 0.496 e. The highest BCUT2D eigenvalue weighted by Gasteiger charge is 2.37. The van der Waals surface area contributed by atoms with Gasteiger partial charge in [0.1, 0.15) is 18.5 Å². The van der Waals surface area contributed by atoms with Gasteiger partial charge in [-0.15, -0.1) is 0 Å². The van der Waals surface area contributed by atoms with Gasteiger partial charge in [-0.05, 0) is 43.5 Å². The van der Waals surface area contributed by atoms with Crippen LogP contribution in [0.5, 0.6) is 11.5 Å². The van der Waals surface area contributed by atoms with Crippen molar-refractivity contribution < 1.29 is 36.9 Å². The molecule has 0 spiro atoms. The molecule has 0 aliphatic carbocycles. The van der Waals surface area contributed by atoms with E-state index in [0.717, 1.165) is 62.2 Å². The molecule has 0 fully saturated rings. The molecule has 228 valence electrons. The molecule has 0 amide bonds. The predicted molar refractivity (Wildman–Crippen MR) is 169 cm³/mol. The van der Waals surface area contributed by atoms with Crippen LogP contribution in [0.1, 0.15) is 25.7 Å². The van der Waals surface area contributed by atoms with Crippen molar-refractivity contribution in [3.05, 3.63) is 54.6 Å². The lowest BCUT2D eigenvalue weighted by Gasteiger charge is -2.34. The van der Waals surface area contributed by atoms with Crippen LogP contribution in [0, 0.1) is 0 Å². The Kier molecular flexibility index (Phi) is 9.51. The lowest BCUT2D eigenvalue weighted by atomic mass is 9.88. The van der Waals surface area contributed by atoms with E-state index in [4.69, 9.17) is 27.5 Å². The first-order valence-corrected chi connectivity index (χ1v) is 16.5. The molecule has 43 heavy (non-hydrogen) atoms. The van der Waals surface area contributed by atoms with Crippen LogP contribution < -0.4 is 18.9 Å². The minimum Gasteiger partial charge on any atom is -0.496 e. The number of unbranched alkanes of at least 4 members (excludes halogenated alkanes) is 1. The van der Waals surface area contributed by atoms with Crippen molar-refractivity contribution in [2.24, 2.45) is 7.05 Å². The molecule has 4 aromatic rings. The molecule has 0 saturated carbocycles. The summed E-state index contributed by atoms with van der Waals surface area (Å²) in [4.78, 5) is 14.8. The van der Waals surface area contributed by atoms with Gasteiger partial charge < -0.3 is 32.4 Å². The summed E-state index contributed by atoms with van der Waals surface area (Å²) in [6, 6.07) is 19.4. The van der Waals surface area contributed by atoms with Gasteiger partial charge in [-0.3, -0.25) is 4.79 Å². The third-order valence-electron chi connectivity index (χ3n) is 8.36. The van der Waals surface area contributed by atoms with Crippen molar-refractivity contribution in [2.75, 3.05) is 53.6 Å². The van der Waals surface area contributed by atoms with Crippen molar-refractivity contribution in [1.82, 2.24) is 0 Å². The zero-order chi connectivity index (χ0) is 30.6. The number of fused-ring (bicyclic) bond motifs is 4. The van der Waals surface area contributed by atoms with E-state index in [1.54, 1.807) is 35.5 Å². The van der Waals surface area contributed by atoms with Gasteiger partial charge >= 0.3 is 14.8 Å². The fourth-order valence-electron chi connectivity index (χ4n) is 6.20. The summed E-state index contributed by atoms with van der Waals surface area (Å²) in [6.07, 6.45) is 2.48. The monoisotopic (exact) mass is 605 g/mol. The van der Waals surface area contributed by atoms with Crippen LogP contribution in [0.2, 0.25) is 6.04 Å². The molecule has 0 unspecified atom stereocenters. The number of aromatic nitrogens is 1. The van der Waals surface area contributed by atoms with E-state index in [9.17, 15) is 4.79 Å². The van der Waals surface area contributed by atoms with Crippen LogP contribution in [-0.2, 0) is 29.9 Å². The van der Waals surface area contributed by atoms with E-state index in [-0.39, 0.29) is 5.97 Å². The molecule has 3 aromatic carbocycles. The highest BCUT2D eigenvalue weighted by Crippen LogP contribution is 2.54. The van der Waals surface area contributed by atoms with Crippen molar-refractivity contribution in [3.8, 4) is 22.6 Å². The Bertz CT molecular complexity index is 1610. The van der Waals surface area contributed by atoms with Crippen LogP contribution >= 0.6 is 0 Å². The zero-order valence-corrected chi connectivity index (χ0v) is 26.9. The number of nitrogens with zero attached hydrogens (tertiary/aromatic N) is 2. The normalized spacial score (nSPS) is 12.5. The molecule has 10 heteroatoms. The van der Waals surface area contributed by atoms with E-state index >= 15 is 0 Å². The second-order valence-corrected chi connectivity index (χ2v) is 13.6. The van der Waals surface area contributed by atoms with Gasteiger partial charge in [-0.1, -0.05) is 18.2 Å². The molecule has 1 aromatic heterocycles. The van der Waals surface area contributed by atoms with Crippen LogP contribution in [0.4, 0.5) is 11.4 Å². The molecule has 1 aliphatic rings.